The molecule has 2 aromatic rings. The summed E-state index contributed by atoms with van der Waals surface area (Å²) in [5, 5.41) is 22.2. The molecule has 0 aliphatic carbocycles. The van der Waals surface area contributed by atoms with Crippen molar-refractivity contribution in [2.24, 2.45) is 0 Å². The Morgan fingerprint density at radius 3 is 2.22 bits per heavy atom. The highest BCUT2D eigenvalue weighted by Crippen LogP contribution is 2.40. The summed E-state index contributed by atoms with van der Waals surface area (Å²) < 4.78 is 38.9. The monoisotopic (exact) mass is 587 g/mol. The second-order valence-electron chi connectivity index (χ2n) is 9.36. The van der Waals surface area contributed by atoms with Crippen molar-refractivity contribution in [1.82, 2.24) is 5.32 Å². The highest BCUT2D eigenvalue weighted by molar-refractivity contribution is 7.94. The number of hydrogen-bond donors (Lipinski definition) is 3. The largest absolute Gasteiger partial charge is 0.478 e. The van der Waals surface area contributed by atoms with Crippen LogP contribution in [0.3, 0.4) is 0 Å². The van der Waals surface area contributed by atoms with Crippen LogP contribution < -0.4 is 10.0 Å². The van der Waals surface area contributed by atoms with Gasteiger partial charge in [-0.25, -0.2) is 18.0 Å². The summed E-state index contributed by atoms with van der Waals surface area (Å²) in [7, 11) is -3.53. The molecule has 0 bridgehead atoms. The Labute approximate surface area is 236 Å². The van der Waals surface area contributed by atoms with Crippen molar-refractivity contribution in [3.63, 3.8) is 0 Å². The van der Waals surface area contributed by atoms with Gasteiger partial charge in [0.05, 0.1) is 29.1 Å². The van der Waals surface area contributed by atoms with Crippen LogP contribution in [-0.4, -0.2) is 54.8 Å². The van der Waals surface area contributed by atoms with Crippen molar-refractivity contribution in [3.8, 4) is 0 Å². The molecular weight excluding hydrogens is 558 g/mol. The Morgan fingerprint density at radius 1 is 1.05 bits per heavy atom. The summed E-state index contributed by atoms with van der Waals surface area (Å²) in [4.78, 5) is 49.2. The number of carboxylic acids is 1. The number of rotatable bonds is 10. The smallest absolute Gasteiger partial charge is 0.337 e. The van der Waals surface area contributed by atoms with Gasteiger partial charge in [0.25, 0.3) is 5.69 Å². The maximum atomic E-state index is 13.6. The predicted molar refractivity (Wildman–Crippen MR) is 147 cm³/mol. The fraction of sp³-hybridized carbons (Fsp3) is 0.296. The number of sulfonamides is 1. The number of aryl methyl sites for hydroxylation is 1. The van der Waals surface area contributed by atoms with Crippen LogP contribution in [0.4, 0.5) is 11.4 Å². The summed E-state index contributed by atoms with van der Waals surface area (Å²) in [5.41, 5.74) is 0.686. The third-order valence-electron chi connectivity index (χ3n) is 6.42. The van der Waals surface area contributed by atoms with Crippen LogP contribution in [0.5, 0.6) is 0 Å². The molecule has 218 valence electrons. The zero-order valence-corrected chi connectivity index (χ0v) is 23.6. The number of non-ortho nitro benzene ring substituents is 1. The van der Waals surface area contributed by atoms with Gasteiger partial charge in [0, 0.05) is 29.2 Å². The van der Waals surface area contributed by atoms with E-state index in [2.05, 4.69) is 10.0 Å². The van der Waals surface area contributed by atoms with Crippen molar-refractivity contribution in [1.29, 1.82) is 0 Å². The van der Waals surface area contributed by atoms with E-state index >= 15 is 0 Å². The van der Waals surface area contributed by atoms with Crippen LogP contribution in [0.1, 0.15) is 37.8 Å². The molecule has 41 heavy (non-hydrogen) atoms. The Hall–Kier alpha value is -4.72. The first-order valence-electron chi connectivity index (χ1n) is 12.2. The van der Waals surface area contributed by atoms with Gasteiger partial charge >= 0.3 is 17.9 Å². The van der Waals surface area contributed by atoms with Crippen molar-refractivity contribution >= 4 is 39.3 Å². The van der Waals surface area contributed by atoms with Crippen LogP contribution in [0.15, 0.2) is 71.1 Å². The summed E-state index contributed by atoms with van der Waals surface area (Å²) in [5.74, 6) is -5.04. The lowest BCUT2D eigenvalue weighted by molar-refractivity contribution is -0.384. The van der Waals surface area contributed by atoms with Crippen LogP contribution in [0.2, 0.25) is 0 Å². The molecule has 14 heteroatoms. The number of carboxylic acid groups (broad SMARTS) is 1. The summed E-state index contributed by atoms with van der Waals surface area (Å²) in [6.07, 6.45) is -1.61. The minimum absolute atomic E-state index is 0.120. The Morgan fingerprint density at radius 2 is 1.66 bits per heavy atom. The number of esters is 2. The van der Waals surface area contributed by atoms with Crippen LogP contribution >= 0.6 is 0 Å². The van der Waals surface area contributed by atoms with Gasteiger partial charge < -0.3 is 19.9 Å². The number of nitrogens with one attached hydrogen (secondary N) is 2. The molecule has 13 nitrogen and oxygen atoms in total. The lowest BCUT2D eigenvalue weighted by Gasteiger charge is -2.31. The number of benzene rings is 2. The molecule has 3 N–H and O–H groups in total. The van der Waals surface area contributed by atoms with E-state index in [1.807, 2.05) is 0 Å². The molecule has 0 aromatic heterocycles. The van der Waals surface area contributed by atoms with Gasteiger partial charge in [-0.3, -0.25) is 19.6 Å². The molecule has 0 amide bonds. The zero-order chi connectivity index (χ0) is 30.6. The molecular formula is C27H29N3O10S. The first-order valence-corrected chi connectivity index (χ1v) is 13.8. The SMILES string of the molecule is COC(=O)C(C(C)OC(=O)C1=C(C)NC(C)=C(C(=O)O)C1c1cccc([N+](=O)[O-])c1)S(=O)(=O)Nc1ccc(C)cc1. The maximum absolute atomic E-state index is 13.6. The highest BCUT2D eigenvalue weighted by atomic mass is 32.2. The number of ether oxygens (including phenoxy) is 2. The minimum atomic E-state index is -4.51. The molecule has 1 aliphatic heterocycles. The molecule has 0 radical (unpaired) electrons. The van der Waals surface area contributed by atoms with E-state index in [0.717, 1.165) is 18.7 Å². The number of nitrogens with zero attached hydrogens (tertiary/aromatic N) is 1. The van der Waals surface area contributed by atoms with Crippen molar-refractivity contribution in [2.45, 2.75) is 45.0 Å². The number of carbonyl (C=O) groups is 3. The van der Waals surface area contributed by atoms with Crippen molar-refractivity contribution < 1.29 is 42.3 Å². The number of methoxy groups -OCH3 is 1. The third-order valence-corrected chi connectivity index (χ3v) is 8.19. The predicted octanol–water partition coefficient (Wildman–Crippen LogP) is 3.14. The van der Waals surface area contributed by atoms with E-state index in [1.54, 1.807) is 19.1 Å². The highest BCUT2D eigenvalue weighted by Gasteiger charge is 2.43. The fourth-order valence-corrected chi connectivity index (χ4v) is 6.03. The molecule has 1 aliphatic rings. The van der Waals surface area contributed by atoms with Crippen LogP contribution in [-0.2, 0) is 33.9 Å². The topological polar surface area (TPSA) is 191 Å². The summed E-state index contributed by atoms with van der Waals surface area (Å²) >= 11 is 0. The molecule has 3 atom stereocenters. The fourth-order valence-electron chi connectivity index (χ4n) is 4.53. The number of nitro benzene ring substituents is 1. The average molecular weight is 588 g/mol. The van der Waals surface area contributed by atoms with Gasteiger partial charge in [-0.1, -0.05) is 29.8 Å². The average Bonchev–Trinajstić information content (AvgIpc) is 2.88. The molecule has 0 saturated carbocycles. The van der Waals surface area contributed by atoms with E-state index in [0.29, 0.717) is 0 Å². The number of aliphatic carboxylic acids is 1. The molecule has 2 aromatic carbocycles. The van der Waals surface area contributed by atoms with Gasteiger partial charge in [-0.15, -0.1) is 0 Å². The lowest BCUT2D eigenvalue weighted by Crippen LogP contribution is -2.46. The number of carbonyl (C=O) groups excluding carboxylic acids is 2. The minimum Gasteiger partial charge on any atom is -0.478 e. The van der Waals surface area contributed by atoms with E-state index in [4.69, 9.17) is 9.47 Å². The standard InChI is InChI=1S/C27H29N3O10S/c1-14-9-11-19(12-10-14)29-41(37,38)24(27(34)39-5)17(4)40-26(33)22-16(3)28-15(2)21(25(31)32)23(22)18-7-6-8-20(13-18)30(35)36/h6-13,17,23-24,28-29H,1-5H3,(H,31,32). The molecule has 1 heterocycles. The molecule has 3 unspecified atom stereocenters. The number of allylic oxidation sites excluding steroid dienone is 2. The van der Waals surface area contributed by atoms with Crippen molar-refractivity contribution in [2.75, 3.05) is 11.8 Å². The quantitative estimate of drug-likeness (QED) is 0.210. The molecule has 0 saturated heterocycles. The second-order valence-corrected chi connectivity index (χ2v) is 11.2. The van der Waals surface area contributed by atoms with Gasteiger partial charge in [0.15, 0.2) is 0 Å². The maximum Gasteiger partial charge on any atom is 0.337 e. The molecule has 3 rings (SSSR count). The van der Waals surface area contributed by atoms with Gasteiger partial charge in [0.1, 0.15) is 6.10 Å². The third kappa shape index (κ3) is 6.72. The van der Waals surface area contributed by atoms with Gasteiger partial charge in [-0.05, 0) is 45.4 Å². The Balaban J connectivity index is 2.02. The summed E-state index contributed by atoms with van der Waals surface area (Å²) in [6.45, 7) is 5.93. The molecule has 0 fully saturated rings. The lowest BCUT2D eigenvalue weighted by atomic mass is 9.80. The first kappa shape index (κ1) is 30.8. The van der Waals surface area contributed by atoms with Crippen molar-refractivity contribution in [3.05, 3.63) is 92.3 Å². The Bertz CT molecular complexity index is 1560. The Kier molecular flexibility index (Phi) is 9.17. The van der Waals surface area contributed by atoms with E-state index in [-0.39, 0.29) is 39.5 Å². The number of nitro groups is 1. The number of hydrogen-bond acceptors (Lipinski definition) is 10. The van der Waals surface area contributed by atoms with E-state index in [1.165, 1.54) is 51.1 Å². The van der Waals surface area contributed by atoms with Crippen LogP contribution in [0.25, 0.3) is 0 Å². The van der Waals surface area contributed by atoms with Gasteiger partial charge in [0.2, 0.25) is 15.3 Å². The van der Waals surface area contributed by atoms with Crippen LogP contribution in [0, 0.1) is 17.0 Å². The van der Waals surface area contributed by atoms with Gasteiger partial charge in [-0.2, -0.15) is 0 Å². The second kappa shape index (κ2) is 12.2. The number of dihydropyridines is 1. The molecule has 0 spiro atoms. The normalized spacial score (nSPS) is 16.8. The summed E-state index contributed by atoms with van der Waals surface area (Å²) in [6, 6.07) is 11.4. The number of anilines is 1. The zero-order valence-electron chi connectivity index (χ0n) is 22.8. The van der Waals surface area contributed by atoms with E-state index in [9.17, 15) is 38.0 Å². The van der Waals surface area contributed by atoms with E-state index < -0.39 is 50.1 Å². The first-order chi connectivity index (χ1) is 19.2.